The first-order valence-electron chi connectivity index (χ1n) is 4.68. The zero-order valence-electron chi connectivity index (χ0n) is 8.16. The Morgan fingerprint density at radius 3 is 3.14 bits per heavy atom. The van der Waals surface area contributed by atoms with Gasteiger partial charge in [0.05, 0.1) is 0 Å². The van der Waals surface area contributed by atoms with Crippen molar-refractivity contribution in [1.29, 1.82) is 0 Å². The number of nitrogens with zero attached hydrogens (tertiary/aromatic N) is 2. The SMILES string of the molecule is Cc1c(N)ncnc1NC1CCSC1. The first-order chi connectivity index (χ1) is 6.77. The number of nitrogens with two attached hydrogens (primary N) is 1. The summed E-state index contributed by atoms with van der Waals surface area (Å²) in [7, 11) is 0. The smallest absolute Gasteiger partial charge is 0.134 e. The van der Waals surface area contributed by atoms with E-state index in [0.717, 1.165) is 17.1 Å². The van der Waals surface area contributed by atoms with Crippen molar-refractivity contribution in [3.05, 3.63) is 11.9 Å². The number of hydrogen-bond donors (Lipinski definition) is 2. The lowest BCUT2D eigenvalue weighted by Crippen LogP contribution is -2.20. The summed E-state index contributed by atoms with van der Waals surface area (Å²) in [6.45, 7) is 1.94. The number of rotatable bonds is 2. The maximum atomic E-state index is 5.70. The van der Waals surface area contributed by atoms with Gasteiger partial charge in [0.1, 0.15) is 18.0 Å². The lowest BCUT2D eigenvalue weighted by Gasteiger charge is -2.14. The fourth-order valence-corrected chi connectivity index (χ4v) is 2.60. The highest BCUT2D eigenvalue weighted by Crippen LogP contribution is 2.23. The quantitative estimate of drug-likeness (QED) is 0.770. The van der Waals surface area contributed by atoms with Gasteiger partial charge in [0.2, 0.25) is 0 Å². The van der Waals surface area contributed by atoms with Gasteiger partial charge in [-0.3, -0.25) is 0 Å². The first-order valence-corrected chi connectivity index (χ1v) is 5.84. The molecular weight excluding hydrogens is 196 g/mol. The third-order valence-corrected chi connectivity index (χ3v) is 3.56. The van der Waals surface area contributed by atoms with E-state index in [1.54, 1.807) is 0 Å². The molecule has 0 aliphatic carbocycles. The number of aromatic nitrogens is 2. The highest BCUT2D eigenvalue weighted by Gasteiger charge is 2.16. The van der Waals surface area contributed by atoms with Crippen molar-refractivity contribution in [1.82, 2.24) is 9.97 Å². The fourth-order valence-electron chi connectivity index (χ4n) is 1.45. The maximum absolute atomic E-state index is 5.70. The molecule has 1 aromatic heterocycles. The van der Waals surface area contributed by atoms with Crippen LogP contribution in [0.15, 0.2) is 6.33 Å². The minimum Gasteiger partial charge on any atom is -0.383 e. The highest BCUT2D eigenvalue weighted by atomic mass is 32.2. The predicted molar refractivity (Wildman–Crippen MR) is 60.5 cm³/mol. The van der Waals surface area contributed by atoms with Gasteiger partial charge in [0.15, 0.2) is 0 Å². The maximum Gasteiger partial charge on any atom is 0.134 e. The second-order valence-corrected chi connectivity index (χ2v) is 4.59. The molecule has 1 atom stereocenters. The molecule has 1 aliphatic heterocycles. The molecule has 0 radical (unpaired) electrons. The Labute approximate surface area is 87.7 Å². The van der Waals surface area contributed by atoms with Gasteiger partial charge in [0.25, 0.3) is 0 Å². The highest BCUT2D eigenvalue weighted by molar-refractivity contribution is 7.99. The summed E-state index contributed by atoms with van der Waals surface area (Å²) in [5.41, 5.74) is 6.65. The molecule has 0 bridgehead atoms. The van der Waals surface area contributed by atoms with Gasteiger partial charge in [-0.05, 0) is 19.1 Å². The monoisotopic (exact) mass is 210 g/mol. The zero-order valence-corrected chi connectivity index (χ0v) is 8.97. The molecule has 0 saturated carbocycles. The van der Waals surface area contributed by atoms with Gasteiger partial charge in [-0.1, -0.05) is 0 Å². The largest absolute Gasteiger partial charge is 0.383 e. The number of thioether (sulfide) groups is 1. The molecule has 1 saturated heterocycles. The summed E-state index contributed by atoms with van der Waals surface area (Å²) in [6, 6.07) is 0.535. The number of hydrogen-bond acceptors (Lipinski definition) is 5. The molecule has 3 N–H and O–H groups in total. The van der Waals surface area contributed by atoms with E-state index in [-0.39, 0.29) is 0 Å². The van der Waals surface area contributed by atoms with E-state index in [0.29, 0.717) is 11.9 Å². The van der Waals surface area contributed by atoms with E-state index >= 15 is 0 Å². The summed E-state index contributed by atoms with van der Waals surface area (Å²) in [6.07, 6.45) is 2.71. The van der Waals surface area contributed by atoms with Crippen molar-refractivity contribution >= 4 is 23.4 Å². The van der Waals surface area contributed by atoms with Gasteiger partial charge in [-0.15, -0.1) is 0 Å². The van der Waals surface area contributed by atoms with Crippen molar-refractivity contribution in [2.75, 3.05) is 22.6 Å². The molecule has 0 aromatic carbocycles. The summed E-state index contributed by atoms with van der Waals surface area (Å²) < 4.78 is 0. The Bertz CT molecular complexity index is 323. The van der Waals surface area contributed by atoms with Crippen molar-refractivity contribution < 1.29 is 0 Å². The van der Waals surface area contributed by atoms with Crippen molar-refractivity contribution in [2.45, 2.75) is 19.4 Å². The summed E-state index contributed by atoms with van der Waals surface area (Å²) >= 11 is 1.97. The zero-order chi connectivity index (χ0) is 9.97. The summed E-state index contributed by atoms with van der Waals surface area (Å²) in [5.74, 6) is 3.83. The molecule has 2 heterocycles. The molecule has 1 aliphatic rings. The number of nitrogen functional groups attached to an aromatic ring is 1. The van der Waals surface area contributed by atoms with Crippen LogP contribution in [0.5, 0.6) is 0 Å². The van der Waals surface area contributed by atoms with Crippen LogP contribution < -0.4 is 11.1 Å². The van der Waals surface area contributed by atoms with E-state index in [2.05, 4.69) is 15.3 Å². The lowest BCUT2D eigenvalue weighted by molar-refractivity contribution is 0.804. The third-order valence-electron chi connectivity index (χ3n) is 2.39. The Hall–Kier alpha value is -0.970. The fraction of sp³-hybridized carbons (Fsp3) is 0.556. The predicted octanol–water partition coefficient (Wildman–Crippen LogP) is 1.28. The van der Waals surface area contributed by atoms with Crippen LogP contribution in [0.4, 0.5) is 11.6 Å². The molecular formula is C9H14N4S. The van der Waals surface area contributed by atoms with Crippen LogP contribution in [0, 0.1) is 6.92 Å². The van der Waals surface area contributed by atoms with Crippen LogP contribution in [-0.4, -0.2) is 27.5 Å². The molecule has 1 aromatic rings. The Kier molecular flexibility index (Phi) is 2.77. The van der Waals surface area contributed by atoms with E-state index < -0.39 is 0 Å². The van der Waals surface area contributed by atoms with E-state index in [9.17, 15) is 0 Å². The molecule has 0 spiro atoms. The summed E-state index contributed by atoms with van der Waals surface area (Å²) in [5, 5.41) is 3.40. The molecule has 2 rings (SSSR count). The molecule has 76 valence electrons. The normalized spacial score (nSPS) is 21.1. The average Bonchev–Trinajstić information content (AvgIpc) is 2.66. The van der Waals surface area contributed by atoms with E-state index in [1.807, 2.05) is 18.7 Å². The Balaban J connectivity index is 2.11. The molecule has 0 amide bonds. The third kappa shape index (κ3) is 1.92. The van der Waals surface area contributed by atoms with Crippen LogP contribution in [0.25, 0.3) is 0 Å². The van der Waals surface area contributed by atoms with Crippen molar-refractivity contribution in [3.8, 4) is 0 Å². The minimum atomic E-state index is 0.535. The number of nitrogens with one attached hydrogen (secondary N) is 1. The van der Waals surface area contributed by atoms with Gasteiger partial charge < -0.3 is 11.1 Å². The lowest BCUT2D eigenvalue weighted by atomic mass is 10.2. The van der Waals surface area contributed by atoms with Crippen LogP contribution in [-0.2, 0) is 0 Å². The number of anilines is 2. The first kappa shape index (κ1) is 9.58. The van der Waals surface area contributed by atoms with Gasteiger partial charge in [-0.25, -0.2) is 9.97 Å². The molecule has 1 fully saturated rings. The van der Waals surface area contributed by atoms with Gasteiger partial charge >= 0.3 is 0 Å². The van der Waals surface area contributed by atoms with E-state index in [4.69, 9.17) is 5.73 Å². The average molecular weight is 210 g/mol. The van der Waals surface area contributed by atoms with Gasteiger partial charge in [0, 0.05) is 17.4 Å². The van der Waals surface area contributed by atoms with Crippen LogP contribution in [0.1, 0.15) is 12.0 Å². The molecule has 4 nitrogen and oxygen atoms in total. The second kappa shape index (κ2) is 4.04. The molecule has 5 heteroatoms. The Morgan fingerprint density at radius 2 is 2.43 bits per heavy atom. The molecule has 14 heavy (non-hydrogen) atoms. The van der Waals surface area contributed by atoms with Crippen molar-refractivity contribution in [3.63, 3.8) is 0 Å². The topological polar surface area (TPSA) is 63.8 Å². The summed E-state index contributed by atoms with van der Waals surface area (Å²) in [4.78, 5) is 8.13. The van der Waals surface area contributed by atoms with E-state index in [1.165, 1.54) is 18.5 Å². The standard InChI is InChI=1S/C9H14N4S/c1-6-8(10)11-5-12-9(6)13-7-2-3-14-4-7/h5,7H,2-4H2,1H3,(H3,10,11,12,13). The van der Waals surface area contributed by atoms with Crippen LogP contribution in [0.2, 0.25) is 0 Å². The Morgan fingerprint density at radius 1 is 1.57 bits per heavy atom. The van der Waals surface area contributed by atoms with Crippen molar-refractivity contribution in [2.24, 2.45) is 0 Å². The minimum absolute atomic E-state index is 0.535. The van der Waals surface area contributed by atoms with Gasteiger partial charge in [-0.2, -0.15) is 11.8 Å². The van der Waals surface area contributed by atoms with Crippen LogP contribution in [0.3, 0.4) is 0 Å². The molecule has 1 unspecified atom stereocenters. The second-order valence-electron chi connectivity index (χ2n) is 3.44. The van der Waals surface area contributed by atoms with Crippen LogP contribution >= 0.6 is 11.8 Å².